The third-order valence-electron chi connectivity index (χ3n) is 5.14. The second kappa shape index (κ2) is 5.85. The van der Waals surface area contributed by atoms with E-state index in [0.29, 0.717) is 30.7 Å². The van der Waals surface area contributed by atoms with Crippen LogP contribution in [-0.4, -0.2) is 32.2 Å². The van der Waals surface area contributed by atoms with Crippen LogP contribution < -0.4 is 11.0 Å². The van der Waals surface area contributed by atoms with Crippen LogP contribution in [0.5, 0.6) is 0 Å². The van der Waals surface area contributed by atoms with E-state index in [9.17, 15) is 9.59 Å². The van der Waals surface area contributed by atoms with Gasteiger partial charge in [0.15, 0.2) is 5.82 Å². The first-order valence-electron chi connectivity index (χ1n) is 8.32. The van der Waals surface area contributed by atoms with Crippen molar-refractivity contribution in [2.45, 2.75) is 31.8 Å². The molecule has 2 fully saturated rings. The van der Waals surface area contributed by atoms with Crippen LogP contribution in [0.25, 0.3) is 0 Å². The molecule has 1 saturated carbocycles. The molecule has 0 aromatic carbocycles. The molecule has 128 valence electrons. The lowest BCUT2D eigenvalue weighted by molar-refractivity contribution is 0.178. The summed E-state index contributed by atoms with van der Waals surface area (Å²) in [5, 5.41) is 9.62. The second-order valence-corrected chi connectivity index (χ2v) is 6.66. The number of nitrogens with one attached hydrogen (secondary N) is 2. The van der Waals surface area contributed by atoms with E-state index in [-0.39, 0.29) is 17.8 Å². The van der Waals surface area contributed by atoms with E-state index >= 15 is 0 Å². The standard InChI is InChI=1S/C16H21N5O3/c1-20-14(18-19-16(20)23)13-12(11-2-3-11)4-6-21(13)15(22)17-8-10-5-7-24-9-10/h5,7,9,11-13H,2-4,6,8H2,1H3,(H,17,22)(H,19,23). The number of nitrogens with zero attached hydrogens (tertiary/aromatic N) is 3. The lowest BCUT2D eigenvalue weighted by Gasteiger charge is -2.27. The second-order valence-electron chi connectivity index (χ2n) is 6.66. The van der Waals surface area contributed by atoms with Crippen LogP contribution in [0.4, 0.5) is 4.79 Å². The van der Waals surface area contributed by atoms with Crippen molar-refractivity contribution in [2.24, 2.45) is 18.9 Å². The van der Waals surface area contributed by atoms with Crippen LogP contribution >= 0.6 is 0 Å². The third-order valence-corrected chi connectivity index (χ3v) is 5.14. The highest BCUT2D eigenvalue weighted by molar-refractivity contribution is 5.75. The Balaban J connectivity index is 1.55. The van der Waals surface area contributed by atoms with Gasteiger partial charge < -0.3 is 14.6 Å². The number of furan rings is 1. The van der Waals surface area contributed by atoms with Gasteiger partial charge in [0.1, 0.15) is 0 Å². The Morgan fingerprint density at radius 3 is 2.92 bits per heavy atom. The van der Waals surface area contributed by atoms with Crippen LogP contribution in [0.15, 0.2) is 27.8 Å². The molecular weight excluding hydrogens is 310 g/mol. The van der Waals surface area contributed by atoms with Crippen LogP contribution in [-0.2, 0) is 13.6 Å². The fourth-order valence-corrected chi connectivity index (χ4v) is 3.69. The summed E-state index contributed by atoms with van der Waals surface area (Å²) in [6.07, 6.45) is 6.55. The van der Waals surface area contributed by atoms with Gasteiger partial charge >= 0.3 is 11.7 Å². The highest BCUT2D eigenvalue weighted by Crippen LogP contribution is 2.49. The molecule has 8 nitrogen and oxygen atoms in total. The molecule has 1 aliphatic heterocycles. The number of likely N-dealkylation sites (tertiary alicyclic amines) is 1. The predicted molar refractivity (Wildman–Crippen MR) is 85.1 cm³/mol. The van der Waals surface area contributed by atoms with Crippen LogP contribution in [0.2, 0.25) is 0 Å². The lowest BCUT2D eigenvalue weighted by atomic mass is 9.94. The molecule has 2 aromatic heterocycles. The minimum absolute atomic E-state index is 0.125. The zero-order chi connectivity index (χ0) is 16.7. The summed E-state index contributed by atoms with van der Waals surface area (Å²) in [6.45, 7) is 1.11. The molecule has 3 heterocycles. The fourth-order valence-electron chi connectivity index (χ4n) is 3.69. The summed E-state index contributed by atoms with van der Waals surface area (Å²) in [4.78, 5) is 26.3. The Morgan fingerprint density at radius 1 is 1.46 bits per heavy atom. The van der Waals surface area contributed by atoms with Crippen molar-refractivity contribution in [2.75, 3.05) is 6.54 Å². The monoisotopic (exact) mass is 331 g/mol. The van der Waals surface area contributed by atoms with Crippen LogP contribution in [0.1, 0.15) is 36.7 Å². The van der Waals surface area contributed by atoms with Crippen molar-refractivity contribution in [1.82, 2.24) is 25.0 Å². The van der Waals surface area contributed by atoms with E-state index in [0.717, 1.165) is 12.0 Å². The molecule has 1 saturated heterocycles. The van der Waals surface area contributed by atoms with Crippen molar-refractivity contribution in [3.8, 4) is 0 Å². The SMILES string of the molecule is Cn1c(C2C(C3CC3)CCN2C(=O)NCc2ccoc2)n[nH]c1=O. The average Bonchev–Trinajstić information content (AvgIpc) is 2.98. The Labute approximate surface area is 138 Å². The number of aromatic amines is 1. The summed E-state index contributed by atoms with van der Waals surface area (Å²) >= 11 is 0. The molecule has 2 amide bonds. The van der Waals surface area contributed by atoms with E-state index in [1.54, 1.807) is 19.6 Å². The molecule has 1 aliphatic carbocycles. The van der Waals surface area contributed by atoms with Gasteiger partial charge in [-0.1, -0.05) is 0 Å². The van der Waals surface area contributed by atoms with Gasteiger partial charge in [0, 0.05) is 25.7 Å². The number of carbonyl (C=O) groups is 1. The largest absolute Gasteiger partial charge is 0.472 e. The molecule has 24 heavy (non-hydrogen) atoms. The fraction of sp³-hybridized carbons (Fsp3) is 0.562. The number of rotatable bonds is 4. The highest BCUT2D eigenvalue weighted by Gasteiger charge is 2.47. The molecule has 4 rings (SSSR count). The molecule has 2 atom stereocenters. The van der Waals surface area contributed by atoms with Crippen molar-refractivity contribution in [3.63, 3.8) is 0 Å². The number of hydrogen-bond donors (Lipinski definition) is 2. The van der Waals surface area contributed by atoms with Crippen molar-refractivity contribution >= 4 is 6.03 Å². The smallest absolute Gasteiger partial charge is 0.343 e. The van der Waals surface area contributed by atoms with E-state index < -0.39 is 0 Å². The van der Waals surface area contributed by atoms with Gasteiger partial charge in [0.25, 0.3) is 0 Å². The number of urea groups is 1. The molecule has 2 N–H and O–H groups in total. The van der Waals surface area contributed by atoms with E-state index in [1.165, 1.54) is 17.4 Å². The number of carbonyl (C=O) groups excluding carboxylic acids is 1. The van der Waals surface area contributed by atoms with E-state index in [1.807, 2.05) is 11.0 Å². The third kappa shape index (κ3) is 2.61. The highest BCUT2D eigenvalue weighted by atomic mass is 16.3. The van der Waals surface area contributed by atoms with E-state index in [2.05, 4.69) is 15.5 Å². The Bertz CT molecular complexity index is 774. The summed E-state index contributed by atoms with van der Waals surface area (Å²) in [6, 6.07) is 1.55. The Morgan fingerprint density at radius 2 is 2.29 bits per heavy atom. The maximum Gasteiger partial charge on any atom is 0.343 e. The van der Waals surface area contributed by atoms with Gasteiger partial charge in [-0.25, -0.2) is 14.7 Å². The number of aromatic nitrogens is 3. The zero-order valence-electron chi connectivity index (χ0n) is 13.6. The molecule has 2 aliphatic rings. The molecular formula is C16H21N5O3. The summed E-state index contributed by atoms with van der Waals surface area (Å²) < 4.78 is 6.54. The van der Waals surface area contributed by atoms with Gasteiger partial charge in [-0.05, 0) is 37.2 Å². The minimum atomic E-state index is -0.245. The van der Waals surface area contributed by atoms with Crippen molar-refractivity contribution < 1.29 is 9.21 Å². The zero-order valence-corrected chi connectivity index (χ0v) is 13.6. The predicted octanol–water partition coefficient (Wildman–Crippen LogP) is 1.38. The lowest BCUT2D eigenvalue weighted by Crippen LogP contribution is -2.41. The van der Waals surface area contributed by atoms with Crippen LogP contribution in [0, 0.1) is 11.8 Å². The molecule has 0 spiro atoms. The quantitative estimate of drug-likeness (QED) is 0.885. The molecule has 8 heteroatoms. The first kappa shape index (κ1) is 15.0. The molecule has 0 bridgehead atoms. The first-order valence-corrected chi connectivity index (χ1v) is 8.32. The summed E-state index contributed by atoms with van der Waals surface area (Å²) in [5.74, 6) is 1.65. The molecule has 0 radical (unpaired) electrons. The Kier molecular flexibility index (Phi) is 3.66. The summed E-state index contributed by atoms with van der Waals surface area (Å²) in [7, 11) is 1.70. The van der Waals surface area contributed by atoms with Crippen molar-refractivity contribution in [3.05, 3.63) is 40.5 Å². The van der Waals surface area contributed by atoms with E-state index in [4.69, 9.17) is 4.42 Å². The van der Waals surface area contributed by atoms with Gasteiger partial charge in [-0.3, -0.25) is 4.57 Å². The number of hydrogen-bond acceptors (Lipinski definition) is 4. The minimum Gasteiger partial charge on any atom is -0.472 e. The van der Waals surface area contributed by atoms with Crippen molar-refractivity contribution in [1.29, 1.82) is 0 Å². The molecule has 2 aromatic rings. The normalized spacial score (nSPS) is 23.6. The topological polar surface area (TPSA) is 96.2 Å². The van der Waals surface area contributed by atoms with Gasteiger partial charge in [-0.2, -0.15) is 5.10 Å². The first-order chi connectivity index (χ1) is 11.6. The van der Waals surface area contributed by atoms with Crippen LogP contribution in [0.3, 0.4) is 0 Å². The summed E-state index contributed by atoms with van der Waals surface area (Å²) in [5.41, 5.74) is 0.676. The van der Waals surface area contributed by atoms with Gasteiger partial charge in [0.05, 0.1) is 18.6 Å². The van der Waals surface area contributed by atoms with Gasteiger partial charge in [-0.15, -0.1) is 0 Å². The average molecular weight is 331 g/mol. The number of amides is 2. The Hall–Kier alpha value is -2.51. The maximum atomic E-state index is 12.7. The maximum absolute atomic E-state index is 12.7. The number of H-pyrrole nitrogens is 1. The van der Waals surface area contributed by atoms with Gasteiger partial charge in [0.2, 0.25) is 0 Å². The molecule has 2 unspecified atom stereocenters.